The van der Waals surface area contributed by atoms with Gasteiger partial charge in [-0.15, -0.1) is 12.4 Å². The summed E-state index contributed by atoms with van der Waals surface area (Å²) in [4.78, 5) is 17.4. The summed E-state index contributed by atoms with van der Waals surface area (Å²) in [5.74, 6) is 0.355. The van der Waals surface area contributed by atoms with Crippen molar-refractivity contribution in [2.24, 2.45) is 0 Å². The molecule has 0 aromatic rings. The fraction of sp³-hybridized carbons (Fsp3) is 0.933. The second-order valence-corrected chi connectivity index (χ2v) is 6.65. The van der Waals surface area contributed by atoms with E-state index in [4.69, 9.17) is 0 Å². The monoisotopic (exact) mass is 301 g/mol. The Balaban J connectivity index is 0.00000147. The summed E-state index contributed by atoms with van der Waals surface area (Å²) in [6.45, 7) is 7.50. The second kappa shape index (κ2) is 6.63. The summed E-state index contributed by atoms with van der Waals surface area (Å²) in [5.41, 5.74) is 0. The molecule has 3 heterocycles. The number of likely N-dealkylation sites (tertiary alicyclic amines) is 1. The predicted molar refractivity (Wildman–Crippen MR) is 83.3 cm³/mol. The smallest absolute Gasteiger partial charge is 0.239 e. The van der Waals surface area contributed by atoms with E-state index >= 15 is 0 Å². The first-order valence-corrected chi connectivity index (χ1v) is 7.96. The van der Waals surface area contributed by atoms with E-state index in [0.29, 0.717) is 24.0 Å². The standard InChI is InChI=1S/C15H27N3O.ClH/c1-11(2)18-12-5-6-13(18)10-17(9-7-12)15(19)14-4-3-8-16-14;/h11-14,16H,3-10H2,1-2H3;1H. The van der Waals surface area contributed by atoms with E-state index in [1.165, 1.54) is 12.8 Å². The van der Waals surface area contributed by atoms with E-state index in [2.05, 4.69) is 29.0 Å². The zero-order valence-corrected chi connectivity index (χ0v) is 13.5. The Morgan fingerprint density at radius 2 is 1.90 bits per heavy atom. The molecule has 3 fully saturated rings. The molecule has 3 aliphatic heterocycles. The van der Waals surface area contributed by atoms with Crippen molar-refractivity contribution in [2.75, 3.05) is 19.6 Å². The predicted octanol–water partition coefficient (Wildman–Crippen LogP) is 1.63. The van der Waals surface area contributed by atoms with Gasteiger partial charge in [0.25, 0.3) is 0 Å². The Morgan fingerprint density at radius 3 is 2.55 bits per heavy atom. The molecule has 0 spiro atoms. The van der Waals surface area contributed by atoms with Gasteiger partial charge in [-0.2, -0.15) is 0 Å². The van der Waals surface area contributed by atoms with Crippen LogP contribution in [0.5, 0.6) is 0 Å². The van der Waals surface area contributed by atoms with E-state index in [0.717, 1.165) is 38.9 Å². The van der Waals surface area contributed by atoms with Crippen molar-refractivity contribution in [2.45, 2.75) is 70.1 Å². The Morgan fingerprint density at radius 1 is 1.15 bits per heavy atom. The summed E-state index contributed by atoms with van der Waals surface area (Å²) in [5, 5.41) is 3.35. The van der Waals surface area contributed by atoms with Gasteiger partial charge in [-0.25, -0.2) is 0 Å². The van der Waals surface area contributed by atoms with E-state index < -0.39 is 0 Å². The minimum Gasteiger partial charge on any atom is -0.340 e. The van der Waals surface area contributed by atoms with Crippen LogP contribution in [0.2, 0.25) is 0 Å². The lowest BCUT2D eigenvalue weighted by molar-refractivity contribution is -0.133. The van der Waals surface area contributed by atoms with Crippen LogP contribution in [0.1, 0.15) is 46.0 Å². The molecule has 3 saturated heterocycles. The topological polar surface area (TPSA) is 35.6 Å². The summed E-state index contributed by atoms with van der Waals surface area (Å²) in [6.07, 6.45) is 5.93. The van der Waals surface area contributed by atoms with Crippen molar-refractivity contribution in [3.8, 4) is 0 Å². The molecule has 0 aliphatic carbocycles. The molecule has 5 heteroatoms. The number of hydrogen-bond donors (Lipinski definition) is 1. The first-order chi connectivity index (χ1) is 9.16. The van der Waals surface area contributed by atoms with Gasteiger partial charge in [0.05, 0.1) is 6.04 Å². The molecule has 0 aromatic carbocycles. The molecule has 1 N–H and O–H groups in total. The van der Waals surface area contributed by atoms with Crippen LogP contribution in [0.4, 0.5) is 0 Å². The molecule has 3 atom stereocenters. The van der Waals surface area contributed by atoms with Gasteiger partial charge in [0.15, 0.2) is 0 Å². The number of carbonyl (C=O) groups excluding carboxylic acids is 1. The zero-order chi connectivity index (χ0) is 13.4. The van der Waals surface area contributed by atoms with Crippen LogP contribution in [0, 0.1) is 0 Å². The highest BCUT2D eigenvalue weighted by Gasteiger charge is 2.40. The summed E-state index contributed by atoms with van der Waals surface area (Å²) < 4.78 is 0. The normalized spacial score (nSPS) is 34.1. The molecule has 3 aliphatic rings. The molecule has 1 amide bonds. The van der Waals surface area contributed by atoms with Crippen molar-refractivity contribution >= 4 is 18.3 Å². The van der Waals surface area contributed by atoms with E-state index in [9.17, 15) is 4.79 Å². The van der Waals surface area contributed by atoms with Gasteiger partial charge < -0.3 is 10.2 Å². The number of halogens is 1. The highest BCUT2D eigenvalue weighted by molar-refractivity contribution is 5.85. The van der Waals surface area contributed by atoms with Crippen molar-refractivity contribution < 1.29 is 4.79 Å². The Labute approximate surface area is 128 Å². The molecule has 3 unspecified atom stereocenters. The van der Waals surface area contributed by atoms with Crippen molar-refractivity contribution in [3.05, 3.63) is 0 Å². The fourth-order valence-electron chi connectivity index (χ4n) is 4.27. The summed E-state index contributed by atoms with van der Waals surface area (Å²) in [6, 6.07) is 2.01. The van der Waals surface area contributed by atoms with Crippen LogP contribution >= 0.6 is 12.4 Å². The molecule has 0 saturated carbocycles. The Bertz CT molecular complexity index is 344. The van der Waals surface area contributed by atoms with Crippen molar-refractivity contribution in [3.63, 3.8) is 0 Å². The zero-order valence-electron chi connectivity index (χ0n) is 12.7. The fourth-order valence-corrected chi connectivity index (χ4v) is 4.27. The van der Waals surface area contributed by atoms with Gasteiger partial charge in [-0.1, -0.05) is 0 Å². The molecule has 116 valence electrons. The van der Waals surface area contributed by atoms with Crippen LogP contribution in [-0.2, 0) is 4.79 Å². The quantitative estimate of drug-likeness (QED) is 0.842. The maximum absolute atomic E-state index is 12.6. The minimum atomic E-state index is 0. The molecule has 0 radical (unpaired) electrons. The third-order valence-corrected chi connectivity index (χ3v) is 5.11. The van der Waals surface area contributed by atoms with Gasteiger partial charge in [-0.3, -0.25) is 9.69 Å². The molecule has 20 heavy (non-hydrogen) atoms. The van der Waals surface area contributed by atoms with Gasteiger partial charge in [0, 0.05) is 31.2 Å². The number of nitrogens with one attached hydrogen (secondary N) is 1. The Hall–Kier alpha value is -0.320. The van der Waals surface area contributed by atoms with Crippen LogP contribution in [0.15, 0.2) is 0 Å². The van der Waals surface area contributed by atoms with Crippen LogP contribution in [0.25, 0.3) is 0 Å². The second-order valence-electron chi connectivity index (χ2n) is 6.65. The molecule has 0 aromatic heterocycles. The lowest BCUT2D eigenvalue weighted by Crippen LogP contribution is -2.48. The maximum Gasteiger partial charge on any atom is 0.239 e. The average molecular weight is 302 g/mol. The van der Waals surface area contributed by atoms with Gasteiger partial charge in [-0.05, 0) is 52.5 Å². The van der Waals surface area contributed by atoms with E-state index in [-0.39, 0.29) is 18.4 Å². The van der Waals surface area contributed by atoms with Crippen LogP contribution in [0.3, 0.4) is 0 Å². The molecule has 4 nitrogen and oxygen atoms in total. The van der Waals surface area contributed by atoms with Crippen molar-refractivity contribution in [1.29, 1.82) is 0 Å². The van der Waals surface area contributed by atoms with Crippen molar-refractivity contribution in [1.82, 2.24) is 15.1 Å². The minimum absolute atomic E-state index is 0. The molecular weight excluding hydrogens is 274 g/mol. The average Bonchev–Trinajstić information content (AvgIpc) is 2.95. The Kier molecular flexibility index (Phi) is 5.32. The van der Waals surface area contributed by atoms with Crippen LogP contribution < -0.4 is 5.32 Å². The van der Waals surface area contributed by atoms with Gasteiger partial charge in [0.2, 0.25) is 5.91 Å². The summed E-state index contributed by atoms with van der Waals surface area (Å²) >= 11 is 0. The van der Waals surface area contributed by atoms with Crippen LogP contribution in [-0.4, -0.2) is 59.5 Å². The lowest BCUT2D eigenvalue weighted by Gasteiger charge is -2.32. The highest BCUT2D eigenvalue weighted by atomic mass is 35.5. The first-order valence-electron chi connectivity index (χ1n) is 7.96. The SMILES string of the molecule is CC(C)N1C2CCC1CN(C(=O)C1CCCN1)CC2.Cl. The number of amides is 1. The van der Waals surface area contributed by atoms with Gasteiger partial charge >= 0.3 is 0 Å². The first kappa shape index (κ1) is 16.1. The van der Waals surface area contributed by atoms with E-state index in [1.54, 1.807) is 0 Å². The number of hydrogen-bond acceptors (Lipinski definition) is 3. The maximum atomic E-state index is 12.6. The largest absolute Gasteiger partial charge is 0.340 e. The third-order valence-electron chi connectivity index (χ3n) is 5.11. The van der Waals surface area contributed by atoms with Gasteiger partial charge in [0.1, 0.15) is 0 Å². The number of fused-ring (bicyclic) bond motifs is 2. The molecule has 2 bridgehead atoms. The number of carbonyl (C=O) groups is 1. The molecular formula is C15H28ClN3O. The third kappa shape index (κ3) is 2.97. The summed E-state index contributed by atoms with van der Waals surface area (Å²) in [7, 11) is 0. The number of rotatable bonds is 2. The molecule has 3 rings (SSSR count). The highest BCUT2D eigenvalue weighted by Crippen LogP contribution is 2.32. The number of nitrogens with zero attached hydrogens (tertiary/aromatic N) is 2. The van der Waals surface area contributed by atoms with E-state index in [1.807, 2.05) is 0 Å². The lowest BCUT2D eigenvalue weighted by atomic mass is 10.1.